The second-order valence-corrected chi connectivity index (χ2v) is 7.06. The van der Waals surface area contributed by atoms with Crippen molar-refractivity contribution in [1.29, 1.82) is 0 Å². The number of carbonyl (C=O) groups is 1. The highest BCUT2D eigenvalue weighted by Crippen LogP contribution is 2.20. The monoisotopic (exact) mass is 382 g/mol. The number of rotatable bonds is 12. The lowest BCUT2D eigenvalue weighted by molar-refractivity contribution is -0.136. The number of aliphatic hydroxyl groups is 2. The molecule has 0 radical (unpaired) electrons. The molecule has 7 heteroatoms. The molecule has 0 aliphatic carbocycles. The third-order valence-electron chi connectivity index (χ3n) is 4.77. The maximum atomic E-state index is 14.0. The number of unbranched alkanes of at least 4 members (excludes halogenated alkanes) is 1. The fourth-order valence-electron chi connectivity index (χ4n) is 3.13. The van der Waals surface area contributed by atoms with Crippen LogP contribution in [0.2, 0.25) is 0 Å². The minimum atomic E-state index is -0.614. The summed E-state index contributed by atoms with van der Waals surface area (Å²) in [6.45, 7) is 5.25. The molecular formula is C20H31FN2O4. The molecule has 1 amide bonds. The van der Waals surface area contributed by atoms with Gasteiger partial charge in [-0.05, 0) is 44.4 Å². The van der Waals surface area contributed by atoms with Gasteiger partial charge in [0.2, 0.25) is 5.91 Å². The standard InChI is InChI=1S/C20H31FN2O4/c1-2-27-18-7-6-16(19(21)10-18)9-20(26)23-12-15(13-23)11-22-8-4-3-5-17(25)14-24/h6-7,10,15,17,22,24-25H,2-5,8-9,11-14H2,1H3/t17-/m0/s1. The third-order valence-corrected chi connectivity index (χ3v) is 4.77. The number of nitrogens with zero attached hydrogens (tertiary/aromatic N) is 1. The van der Waals surface area contributed by atoms with Crippen LogP contribution in [0.3, 0.4) is 0 Å². The van der Waals surface area contributed by atoms with Gasteiger partial charge in [-0.3, -0.25) is 4.79 Å². The van der Waals surface area contributed by atoms with E-state index in [-0.39, 0.29) is 18.9 Å². The molecule has 0 bridgehead atoms. The van der Waals surface area contributed by atoms with Crippen molar-refractivity contribution in [2.24, 2.45) is 5.92 Å². The second-order valence-electron chi connectivity index (χ2n) is 7.06. The number of aliphatic hydroxyl groups excluding tert-OH is 2. The van der Waals surface area contributed by atoms with Gasteiger partial charge in [-0.15, -0.1) is 0 Å². The zero-order chi connectivity index (χ0) is 19.6. The second kappa shape index (κ2) is 11.2. The molecular weight excluding hydrogens is 351 g/mol. The SMILES string of the molecule is CCOc1ccc(CC(=O)N2CC(CNCCCC[C@H](O)CO)C2)c(F)c1. The average Bonchev–Trinajstić information content (AvgIpc) is 2.61. The summed E-state index contributed by atoms with van der Waals surface area (Å²) in [7, 11) is 0. The van der Waals surface area contributed by atoms with Crippen LogP contribution >= 0.6 is 0 Å². The Labute approximate surface area is 160 Å². The van der Waals surface area contributed by atoms with Crippen LogP contribution in [0.15, 0.2) is 18.2 Å². The Morgan fingerprint density at radius 2 is 2.19 bits per heavy atom. The first kappa shape index (κ1) is 21.6. The van der Waals surface area contributed by atoms with E-state index in [0.717, 1.165) is 25.9 Å². The Kier molecular flexibility index (Phi) is 8.97. The van der Waals surface area contributed by atoms with Crippen LogP contribution in [0.25, 0.3) is 0 Å². The van der Waals surface area contributed by atoms with E-state index >= 15 is 0 Å². The number of hydrogen-bond donors (Lipinski definition) is 3. The van der Waals surface area contributed by atoms with Crippen LogP contribution in [-0.2, 0) is 11.2 Å². The summed E-state index contributed by atoms with van der Waals surface area (Å²) in [6.07, 6.45) is 1.90. The molecule has 1 saturated heterocycles. The van der Waals surface area contributed by atoms with Gasteiger partial charge in [0.1, 0.15) is 11.6 Å². The van der Waals surface area contributed by atoms with E-state index < -0.39 is 11.9 Å². The zero-order valence-electron chi connectivity index (χ0n) is 16.0. The Bertz CT molecular complexity index is 593. The number of carbonyl (C=O) groups excluding carboxylic acids is 1. The molecule has 0 saturated carbocycles. The lowest BCUT2D eigenvalue weighted by Crippen LogP contribution is -2.53. The number of nitrogens with one attached hydrogen (secondary N) is 1. The fourth-order valence-corrected chi connectivity index (χ4v) is 3.13. The molecule has 1 aromatic rings. The van der Waals surface area contributed by atoms with Gasteiger partial charge in [0.15, 0.2) is 0 Å². The van der Waals surface area contributed by atoms with Gasteiger partial charge < -0.3 is 25.2 Å². The van der Waals surface area contributed by atoms with E-state index in [9.17, 15) is 14.3 Å². The van der Waals surface area contributed by atoms with Gasteiger partial charge in [0.25, 0.3) is 0 Å². The summed E-state index contributed by atoms with van der Waals surface area (Å²) >= 11 is 0. The molecule has 2 rings (SSSR count). The van der Waals surface area contributed by atoms with Crippen LogP contribution in [-0.4, -0.2) is 66.5 Å². The van der Waals surface area contributed by atoms with Gasteiger partial charge in [-0.1, -0.05) is 6.07 Å². The van der Waals surface area contributed by atoms with Crippen molar-refractivity contribution < 1.29 is 24.1 Å². The summed E-state index contributed by atoms with van der Waals surface area (Å²) in [5.74, 6) is 0.459. The first-order valence-electron chi connectivity index (χ1n) is 9.72. The largest absolute Gasteiger partial charge is 0.494 e. The van der Waals surface area contributed by atoms with Crippen LogP contribution in [0.5, 0.6) is 5.75 Å². The van der Waals surface area contributed by atoms with E-state index in [0.29, 0.717) is 43.3 Å². The lowest BCUT2D eigenvalue weighted by atomic mass is 9.98. The lowest BCUT2D eigenvalue weighted by Gasteiger charge is -2.39. The van der Waals surface area contributed by atoms with E-state index in [1.807, 2.05) is 6.92 Å². The van der Waals surface area contributed by atoms with Gasteiger partial charge in [-0.25, -0.2) is 4.39 Å². The maximum Gasteiger partial charge on any atom is 0.227 e. The van der Waals surface area contributed by atoms with Gasteiger partial charge >= 0.3 is 0 Å². The molecule has 1 aromatic carbocycles. The number of ether oxygens (including phenoxy) is 1. The molecule has 1 fully saturated rings. The van der Waals surface area contributed by atoms with Crippen molar-refractivity contribution in [2.45, 2.75) is 38.7 Å². The molecule has 0 unspecified atom stereocenters. The number of halogens is 1. The van der Waals surface area contributed by atoms with E-state index in [1.165, 1.54) is 6.07 Å². The fraction of sp³-hybridized carbons (Fsp3) is 0.650. The van der Waals surface area contributed by atoms with Crippen molar-refractivity contribution in [2.75, 3.05) is 39.4 Å². The topological polar surface area (TPSA) is 82.0 Å². The van der Waals surface area contributed by atoms with Crippen LogP contribution in [0, 0.1) is 11.7 Å². The molecule has 3 N–H and O–H groups in total. The molecule has 1 aliphatic heterocycles. The van der Waals surface area contributed by atoms with Gasteiger partial charge in [0, 0.05) is 31.6 Å². The predicted octanol–water partition coefficient (Wildman–Crippen LogP) is 1.34. The number of likely N-dealkylation sites (tertiary alicyclic amines) is 1. The zero-order valence-corrected chi connectivity index (χ0v) is 16.0. The normalized spacial score (nSPS) is 15.5. The first-order chi connectivity index (χ1) is 13.0. The summed E-state index contributed by atoms with van der Waals surface area (Å²) in [5, 5.41) is 21.4. The molecule has 1 atom stereocenters. The first-order valence-corrected chi connectivity index (χ1v) is 9.72. The summed E-state index contributed by atoms with van der Waals surface area (Å²) < 4.78 is 19.3. The Hall–Kier alpha value is -1.70. The Morgan fingerprint density at radius 1 is 1.41 bits per heavy atom. The van der Waals surface area contributed by atoms with Crippen molar-refractivity contribution >= 4 is 5.91 Å². The highest BCUT2D eigenvalue weighted by atomic mass is 19.1. The summed E-state index contributed by atoms with van der Waals surface area (Å²) in [6, 6.07) is 4.64. The molecule has 1 heterocycles. The van der Waals surface area contributed by atoms with Gasteiger partial charge in [-0.2, -0.15) is 0 Å². The van der Waals surface area contributed by atoms with E-state index in [4.69, 9.17) is 9.84 Å². The van der Waals surface area contributed by atoms with Crippen molar-refractivity contribution in [3.05, 3.63) is 29.6 Å². The van der Waals surface area contributed by atoms with Gasteiger partial charge in [0.05, 0.1) is 25.7 Å². The Morgan fingerprint density at radius 3 is 2.85 bits per heavy atom. The minimum Gasteiger partial charge on any atom is -0.494 e. The van der Waals surface area contributed by atoms with Crippen LogP contribution in [0.1, 0.15) is 31.7 Å². The van der Waals surface area contributed by atoms with Crippen LogP contribution < -0.4 is 10.1 Å². The number of benzene rings is 1. The summed E-state index contributed by atoms with van der Waals surface area (Å²) in [5.41, 5.74) is 0.398. The highest BCUT2D eigenvalue weighted by molar-refractivity contribution is 5.79. The Balaban J connectivity index is 1.60. The molecule has 1 aliphatic rings. The van der Waals surface area contributed by atoms with Crippen molar-refractivity contribution in [3.63, 3.8) is 0 Å². The van der Waals surface area contributed by atoms with E-state index in [1.54, 1.807) is 17.0 Å². The quantitative estimate of drug-likeness (QED) is 0.475. The molecule has 6 nitrogen and oxygen atoms in total. The van der Waals surface area contributed by atoms with Crippen molar-refractivity contribution in [3.8, 4) is 5.75 Å². The smallest absolute Gasteiger partial charge is 0.227 e. The molecule has 0 aromatic heterocycles. The minimum absolute atomic E-state index is 0.0488. The maximum absolute atomic E-state index is 14.0. The molecule has 27 heavy (non-hydrogen) atoms. The summed E-state index contributed by atoms with van der Waals surface area (Å²) in [4.78, 5) is 14.0. The van der Waals surface area contributed by atoms with Crippen LogP contribution in [0.4, 0.5) is 4.39 Å². The highest BCUT2D eigenvalue weighted by Gasteiger charge is 2.30. The van der Waals surface area contributed by atoms with Crippen molar-refractivity contribution in [1.82, 2.24) is 10.2 Å². The number of hydrogen-bond acceptors (Lipinski definition) is 5. The molecule has 0 spiro atoms. The predicted molar refractivity (Wildman–Crippen MR) is 101 cm³/mol. The average molecular weight is 382 g/mol. The number of amides is 1. The van der Waals surface area contributed by atoms with E-state index in [2.05, 4.69) is 5.32 Å². The molecule has 152 valence electrons. The third kappa shape index (κ3) is 7.08.